The van der Waals surface area contributed by atoms with Crippen LogP contribution in [0.15, 0.2) is 12.1 Å². The summed E-state index contributed by atoms with van der Waals surface area (Å²) in [5, 5.41) is 7.99. The van der Waals surface area contributed by atoms with Gasteiger partial charge < -0.3 is 0 Å². The third kappa shape index (κ3) is 1.73. The second kappa shape index (κ2) is 3.40. The first-order valence-corrected chi connectivity index (χ1v) is 6.00. The van der Waals surface area contributed by atoms with E-state index in [0.717, 1.165) is 10.1 Å². The molecule has 1 aliphatic rings. The number of rotatable bonds is 2. The monoisotopic (exact) mass is 317 g/mol. The van der Waals surface area contributed by atoms with Crippen molar-refractivity contribution in [2.45, 2.75) is 19.4 Å². The molecule has 1 aliphatic carbocycles. The van der Waals surface area contributed by atoms with E-state index < -0.39 is 0 Å². The molecule has 0 atom stereocenters. The average molecular weight is 317 g/mol. The van der Waals surface area contributed by atoms with Gasteiger partial charge in [-0.15, -0.1) is 5.10 Å². The van der Waals surface area contributed by atoms with Crippen LogP contribution in [-0.4, -0.2) is 15.0 Å². The van der Waals surface area contributed by atoms with Gasteiger partial charge in [-0.2, -0.15) is 0 Å². The lowest BCUT2D eigenvalue weighted by Crippen LogP contribution is -2.03. The Morgan fingerprint density at radius 1 is 1.47 bits per heavy atom. The van der Waals surface area contributed by atoms with Gasteiger partial charge in [-0.1, -0.05) is 5.21 Å². The lowest BCUT2D eigenvalue weighted by molar-refractivity contribution is 0.544. The number of hydrogen-bond acceptors (Lipinski definition) is 2. The minimum atomic E-state index is -0.220. The van der Waals surface area contributed by atoms with Gasteiger partial charge in [0.2, 0.25) is 0 Å². The number of halogens is 2. The van der Waals surface area contributed by atoms with E-state index in [9.17, 15) is 4.39 Å². The fourth-order valence-corrected chi connectivity index (χ4v) is 2.27. The molecule has 1 fully saturated rings. The minimum absolute atomic E-state index is 0.220. The van der Waals surface area contributed by atoms with Crippen molar-refractivity contribution in [1.29, 1.82) is 0 Å². The quantitative estimate of drug-likeness (QED) is 0.797. The second-order valence-electron chi connectivity index (χ2n) is 3.97. The van der Waals surface area contributed by atoms with Crippen LogP contribution in [0.3, 0.4) is 0 Å². The SMILES string of the molecule is Fc1cc(I)cc2nnn(CC3CC3)c12. The zero-order valence-electron chi connectivity index (χ0n) is 7.95. The van der Waals surface area contributed by atoms with Gasteiger partial charge in [0.25, 0.3) is 0 Å². The molecular formula is C10H9FIN3. The predicted octanol–water partition coefficient (Wildman–Crippen LogP) is 2.59. The number of benzene rings is 1. The van der Waals surface area contributed by atoms with Gasteiger partial charge in [-0.3, -0.25) is 0 Å². The largest absolute Gasteiger partial charge is 0.241 e. The van der Waals surface area contributed by atoms with Crippen molar-refractivity contribution in [1.82, 2.24) is 15.0 Å². The van der Waals surface area contributed by atoms with Crippen LogP contribution >= 0.6 is 22.6 Å². The lowest BCUT2D eigenvalue weighted by Gasteiger charge is -2.00. The first-order valence-electron chi connectivity index (χ1n) is 4.92. The van der Waals surface area contributed by atoms with Crippen LogP contribution in [0.5, 0.6) is 0 Å². The zero-order valence-corrected chi connectivity index (χ0v) is 10.1. The van der Waals surface area contributed by atoms with Crippen LogP contribution in [0.25, 0.3) is 11.0 Å². The van der Waals surface area contributed by atoms with Gasteiger partial charge in [0.15, 0.2) is 5.82 Å². The highest BCUT2D eigenvalue weighted by atomic mass is 127. The predicted molar refractivity (Wildman–Crippen MR) is 62.9 cm³/mol. The summed E-state index contributed by atoms with van der Waals surface area (Å²) in [6.45, 7) is 0.800. The summed E-state index contributed by atoms with van der Waals surface area (Å²) in [6.07, 6.45) is 2.46. The Kier molecular flexibility index (Phi) is 2.15. The van der Waals surface area contributed by atoms with Gasteiger partial charge in [0.1, 0.15) is 11.0 Å². The van der Waals surface area contributed by atoms with Crippen LogP contribution in [-0.2, 0) is 6.54 Å². The summed E-state index contributed by atoms with van der Waals surface area (Å²) in [7, 11) is 0. The van der Waals surface area contributed by atoms with E-state index in [4.69, 9.17) is 0 Å². The molecule has 5 heteroatoms. The van der Waals surface area contributed by atoms with Gasteiger partial charge in [-0.25, -0.2) is 9.07 Å². The standard InChI is InChI=1S/C10H9FIN3/c11-8-3-7(12)4-9-10(8)15(14-13-9)5-6-1-2-6/h3-4,6H,1-2,5H2. The molecule has 0 aliphatic heterocycles. The smallest absolute Gasteiger partial charge is 0.151 e. The van der Waals surface area contributed by atoms with Gasteiger partial charge >= 0.3 is 0 Å². The number of nitrogens with zero attached hydrogens (tertiary/aromatic N) is 3. The molecule has 0 unspecified atom stereocenters. The average Bonchev–Trinajstić information content (AvgIpc) is 2.87. The molecule has 3 rings (SSSR count). The molecule has 0 amide bonds. The summed E-state index contributed by atoms with van der Waals surface area (Å²) >= 11 is 2.08. The summed E-state index contributed by atoms with van der Waals surface area (Å²) in [5.41, 5.74) is 1.20. The Hall–Kier alpha value is -0.720. The Balaban J connectivity index is 2.14. The molecule has 1 aromatic heterocycles. The van der Waals surface area contributed by atoms with E-state index in [1.54, 1.807) is 4.68 Å². The van der Waals surface area contributed by atoms with Crippen molar-refractivity contribution >= 4 is 33.6 Å². The van der Waals surface area contributed by atoms with Crippen molar-refractivity contribution < 1.29 is 4.39 Å². The van der Waals surface area contributed by atoms with E-state index >= 15 is 0 Å². The van der Waals surface area contributed by atoms with E-state index in [2.05, 4.69) is 32.9 Å². The fraction of sp³-hybridized carbons (Fsp3) is 0.400. The molecule has 0 saturated heterocycles. The second-order valence-corrected chi connectivity index (χ2v) is 5.22. The molecule has 0 N–H and O–H groups in total. The molecule has 0 spiro atoms. The highest BCUT2D eigenvalue weighted by Gasteiger charge is 2.24. The third-order valence-corrected chi connectivity index (χ3v) is 3.28. The first-order chi connectivity index (χ1) is 7.24. The number of aromatic nitrogens is 3. The zero-order chi connectivity index (χ0) is 10.4. The first kappa shape index (κ1) is 9.50. The molecule has 1 saturated carbocycles. The maximum Gasteiger partial charge on any atom is 0.151 e. The van der Waals surface area contributed by atoms with Crippen molar-refractivity contribution in [3.63, 3.8) is 0 Å². The number of hydrogen-bond donors (Lipinski definition) is 0. The molecule has 78 valence electrons. The van der Waals surface area contributed by atoms with Crippen molar-refractivity contribution in [3.05, 3.63) is 21.5 Å². The highest BCUT2D eigenvalue weighted by Crippen LogP contribution is 2.31. The Morgan fingerprint density at radius 2 is 2.27 bits per heavy atom. The van der Waals surface area contributed by atoms with Crippen LogP contribution in [0, 0.1) is 15.3 Å². The van der Waals surface area contributed by atoms with Crippen LogP contribution in [0.1, 0.15) is 12.8 Å². The van der Waals surface area contributed by atoms with Crippen molar-refractivity contribution in [2.75, 3.05) is 0 Å². The van der Waals surface area contributed by atoms with E-state index in [0.29, 0.717) is 17.0 Å². The summed E-state index contributed by atoms with van der Waals surface area (Å²) in [5.74, 6) is 0.455. The molecular weight excluding hydrogens is 308 g/mol. The maximum atomic E-state index is 13.7. The van der Waals surface area contributed by atoms with Gasteiger partial charge in [0.05, 0.1) is 0 Å². The van der Waals surface area contributed by atoms with Crippen molar-refractivity contribution in [2.24, 2.45) is 5.92 Å². The summed E-state index contributed by atoms with van der Waals surface area (Å²) < 4.78 is 16.3. The molecule has 1 aromatic carbocycles. The van der Waals surface area contributed by atoms with Gasteiger partial charge in [0, 0.05) is 10.1 Å². The normalized spacial score (nSPS) is 16.1. The molecule has 1 heterocycles. The van der Waals surface area contributed by atoms with Gasteiger partial charge in [-0.05, 0) is 53.5 Å². The van der Waals surface area contributed by atoms with E-state index in [-0.39, 0.29) is 5.82 Å². The molecule has 2 aromatic rings. The third-order valence-electron chi connectivity index (χ3n) is 2.65. The fourth-order valence-electron chi connectivity index (χ4n) is 1.70. The summed E-state index contributed by atoms with van der Waals surface area (Å²) in [6, 6.07) is 3.38. The Morgan fingerprint density at radius 3 is 3.00 bits per heavy atom. The van der Waals surface area contributed by atoms with E-state index in [1.807, 2.05) is 6.07 Å². The van der Waals surface area contributed by atoms with Crippen molar-refractivity contribution in [3.8, 4) is 0 Å². The molecule has 3 nitrogen and oxygen atoms in total. The Labute approximate surface area is 99.8 Å². The summed E-state index contributed by atoms with van der Waals surface area (Å²) in [4.78, 5) is 0. The maximum absolute atomic E-state index is 13.7. The van der Waals surface area contributed by atoms with E-state index in [1.165, 1.54) is 18.9 Å². The molecule has 0 radical (unpaired) electrons. The molecule has 15 heavy (non-hydrogen) atoms. The minimum Gasteiger partial charge on any atom is -0.241 e. The highest BCUT2D eigenvalue weighted by molar-refractivity contribution is 14.1. The molecule has 0 bridgehead atoms. The van der Waals surface area contributed by atoms with Crippen LogP contribution in [0.4, 0.5) is 4.39 Å². The Bertz CT molecular complexity index is 519. The topological polar surface area (TPSA) is 30.7 Å². The number of fused-ring (bicyclic) bond motifs is 1. The van der Waals surface area contributed by atoms with Crippen LogP contribution < -0.4 is 0 Å². The lowest BCUT2D eigenvalue weighted by atomic mass is 10.3. The van der Waals surface area contributed by atoms with Crippen LogP contribution in [0.2, 0.25) is 0 Å².